The Morgan fingerprint density at radius 1 is 1.56 bits per heavy atom. The van der Waals surface area contributed by atoms with Crippen LogP contribution < -0.4 is 5.32 Å². The zero-order chi connectivity index (χ0) is 13.0. The minimum Gasteiger partial charge on any atom is -0.379 e. The number of rotatable bonds is 4. The molecule has 1 aliphatic heterocycles. The van der Waals surface area contributed by atoms with E-state index in [2.05, 4.69) is 37.9 Å². The molecule has 1 amide bonds. The van der Waals surface area contributed by atoms with Gasteiger partial charge in [0.25, 0.3) is 5.91 Å². The van der Waals surface area contributed by atoms with Crippen LogP contribution in [0.15, 0.2) is 6.07 Å². The Balaban J connectivity index is 1.74. The number of ether oxygens (including phenoxy) is 1. The zero-order valence-corrected chi connectivity index (χ0v) is 12.5. The van der Waals surface area contributed by atoms with Gasteiger partial charge in [-0.3, -0.25) is 14.4 Å². The number of halogens is 1. The Morgan fingerprint density at radius 3 is 2.89 bits per heavy atom. The average Bonchev–Trinajstić information content (AvgIpc) is 2.71. The number of hydrogen-bond donors (Lipinski definition) is 1. The summed E-state index contributed by atoms with van der Waals surface area (Å²) in [4.78, 5) is 14.1. The smallest absolute Gasteiger partial charge is 0.271 e. The summed E-state index contributed by atoms with van der Waals surface area (Å²) in [6, 6.07) is 1.78. The van der Waals surface area contributed by atoms with Crippen molar-refractivity contribution >= 4 is 28.5 Å². The third-order valence-electron chi connectivity index (χ3n) is 2.87. The molecule has 0 aromatic carbocycles. The fourth-order valence-electron chi connectivity index (χ4n) is 1.80. The molecule has 0 atom stereocenters. The first-order valence-corrected chi connectivity index (χ1v) is 7.02. The first kappa shape index (κ1) is 13.8. The Hall–Kier alpha value is -0.670. The van der Waals surface area contributed by atoms with Gasteiger partial charge in [-0.15, -0.1) is 0 Å². The molecule has 1 N–H and O–H groups in total. The second-order valence-electron chi connectivity index (χ2n) is 4.19. The molecule has 1 fully saturated rings. The van der Waals surface area contributed by atoms with E-state index in [1.165, 1.54) is 0 Å². The molecule has 0 saturated carbocycles. The first-order chi connectivity index (χ1) is 8.66. The summed E-state index contributed by atoms with van der Waals surface area (Å²) in [5.74, 6) is -0.109. The van der Waals surface area contributed by atoms with Crippen LogP contribution in [-0.2, 0) is 11.8 Å². The standard InChI is InChI=1S/C11H17IN4O2/c1-15-10(12)8-9(14-15)11(17)13-2-3-16-4-6-18-7-5-16/h8H,2-7H2,1H3,(H,13,17). The van der Waals surface area contributed by atoms with Crippen LogP contribution in [0.5, 0.6) is 0 Å². The molecular weight excluding hydrogens is 347 g/mol. The Morgan fingerprint density at radius 2 is 2.28 bits per heavy atom. The van der Waals surface area contributed by atoms with Crippen LogP contribution in [0.4, 0.5) is 0 Å². The van der Waals surface area contributed by atoms with Crippen molar-refractivity contribution < 1.29 is 9.53 Å². The van der Waals surface area contributed by atoms with Crippen molar-refractivity contribution in [2.75, 3.05) is 39.4 Å². The zero-order valence-electron chi connectivity index (χ0n) is 10.4. The second kappa shape index (κ2) is 6.48. The van der Waals surface area contributed by atoms with Crippen molar-refractivity contribution in [1.29, 1.82) is 0 Å². The van der Waals surface area contributed by atoms with Gasteiger partial charge in [0.2, 0.25) is 0 Å². The Bertz CT molecular complexity index is 396. The van der Waals surface area contributed by atoms with Crippen molar-refractivity contribution in [3.05, 3.63) is 15.5 Å². The predicted molar refractivity (Wildman–Crippen MR) is 75.5 cm³/mol. The van der Waals surface area contributed by atoms with Crippen molar-refractivity contribution in [3.63, 3.8) is 0 Å². The third kappa shape index (κ3) is 3.66. The molecule has 0 bridgehead atoms. The largest absolute Gasteiger partial charge is 0.379 e. The van der Waals surface area contributed by atoms with E-state index in [4.69, 9.17) is 4.74 Å². The van der Waals surface area contributed by atoms with Gasteiger partial charge in [0, 0.05) is 39.3 Å². The van der Waals surface area contributed by atoms with Crippen LogP contribution >= 0.6 is 22.6 Å². The van der Waals surface area contributed by atoms with Gasteiger partial charge in [-0.1, -0.05) is 0 Å². The van der Waals surface area contributed by atoms with E-state index in [9.17, 15) is 4.79 Å². The van der Waals surface area contributed by atoms with Crippen molar-refractivity contribution in [1.82, 2.24) is 20.0 Å². The summed E-state index contributed by atoms with van der Waals surface area (Å²) in [6.45, 7) is 4.96. The maximum absolute atomic E-state index is 11.8. The first-order valence-electron chi connectivity index (χ1n) is 5.94. The summed E-state index contributed by atoms with van der Waals surface area (Å²) in [5, 5.41) is 7.03. The van der Waals surface area contributed by atoms with Gasteiger partial charge in [-0.25, -0.2) is 0 Å². The SMILES string of the molecule is Cn1nc(C(=O)NCCN2CCOCC2)cc1I. The van der Waals surface area contributed by atoms with Gasteiger partial charge in [-0.05, 0) is 22.6 Å². The van der Waals surface area contributed by atoms with Crippen LogP contribution in [0, 0.1) is 3.70 Å². The molecule has 100 valence electrons. The summed E-state index contributed by atoms with van der Waals surface area (Å²) >= 11 is 2.15. The van der Waals surface area contributed by atoms with E-state index in [1.54, 1.807) is 10.7 Å². The summed E-state index contributed by atoms with van der Waals surface area (Å²) in [6.07, 6.45) is 0. The van der Waals surface area contributed by atoms with E-state index in [-0.39, 0.29) is 5.91 Å². The highest BCUT2D eigenvalue weighted by Crippen LogP contribution is 2.05. The number of carbonyl (C=O) groups is 1. The number of aromatic nitrogens is 2. The van der Waals surface area contributed by atoms with Gasteiger partial charge in [-0.2, -0.15) is 5.10 Å². The normalized spacial score (nSPS) is 16.8. The highest BCUT2D eigenvalue weighted by atomic mass is 127. The van der Waals surface area contributed by atoms with E-state index >= 15 is 0 Å². The van der Waals surface area contributed by atoms with Gasteiger partial charge in [0.15, 0.2) is 5.69 Å². The molecule has 0 aliphatic carbocycles. The number of morpholine rings is 1. The second-order valence-corrected chi connectivity index (χ2v) is 5.29. The average molecular weight is 364 g/mol. The number of amides is 1. The monoisotopic (exact) mass is 364 g/mol. The van der Waals surface area contributed by atoms with E-state index < -0.39 is 0 Å². The lowest BCUT2D eigenvalue weighted by atomic mass is 10.4. The molecule has 18 heavy (non-hydrogen) atoms. The molecule has 1 aromatic heterocycles. The molecule has 1 aromatic rings. The van der Waals surface area contributed by atoms with Crippen LogP contribution in [0.2, 0.25) is 0 Å². The third-order valence-corrected chi connectivity index (χ3v) is 3.88. The molecule has 2 heterocycles. The summed E-state index contributed by atoms with van der Waals surface area (Å²) < 4.78 is 7.91. The van der Waals surface area contributed by atoms with Gasteiger partial charge in [0.05, 0.1) is 16.9 Å². The summed E-state index contributed by atoms with van der Waals surface area (Å²) in [5.41, 5.74) is 0.476. The lowest BCUT2D eigenvalue weighted by Gasteiger charge is -2.26. The highest BCUT2D eigenvalue weighted by Gasteiger charge is 2.13. The van der Waals surface area contributed by atoms with Gasteiger partial charge in [0.1, 0.15) is 0 Å². The number of aryl methyl sites for hydroxylation is 1. The molecule has 0 radical (unpaired) electrons. The molecule has 7 heteroatoms. The fourth-order valence-corrected chi connectivity index (χ4v) is 2.20. The van der Waals surface area contributed by atoms with Crippen LogP contribution in [0.1, 0.15) is 10.5 Å². The minimum atomic E-state index is -0.109. The molecular formula is C11H17IN4O2. The molecule has 2 rings (SSSR count). The number of nitrogens with one attached hydrogen (secondary N) is 1. The van der Waals surface area contributed by atoms with Crippen molar-refractivity contribution in [3.8, 4) is 0 Å². The quantitative estimate of drug-likeness (QED) is 0.770. The molecule has 1 aliphatic rings. The van der Waals surface area contributed by atoms with Crippen LogP contribution in [0.3, 0.4) is 0 Å². The van der Waals surface area contributed by atoms with Crippen LogP contribution in [-0.4, -0.2) is 60.0 Å². The van der Waals surface area contributed by atoms with E-state index in [0.29, 0.717) is 12.2 Å². The maximum Gasteiger partial charge on any atom is 0.271 e. The maximum atomic E-state index is 11.8. The van der Waals surface area contributed by atoms with E-state index in [0.717, 1.165) is 36.5 Å². The lowest BCUT2D eigenvalue weighted by Crippen LogP contribution is -2.41. The lowest BCUT2D eigenvalue weighted by molar-refractivity contribution is 0.0383. The Labute approximate surface area is 120 Å². The van der Waals surface area contributed by atoms with Crippen molar-refractivity contribution in [2.24, 2.45) is 7.05 Å². The topological polar surface area (TPSA) is 59.4 Å². The number of nitrogens with zero attached hydrogens (tertiary/aromatic N) is 3. The molecule has 1 saturated heterocycles. The number of hydrogen-bond acceptors (Lipinski definition) is 4. The predicted octanol–water partition coefficient (Wildman–Crippen LogP) is 0.0867. The van der Waals surface area contributed by atoms with Crippen molar-refractivity contribution in [2.45, 2.75) is 0 Å². The molecule has 0 spiro atoms. The Kier molecular flexibility index (Phi) is 4.95. The van der Waals surface area contributed by atoms with Crippen LogP contribution in [0.25, 0.3) is 0 Å². The highest BCUT2D eigenvalue weighted by molar-refractivity contribution is 14.1. The molecule has 0 unspecified atom stereocenters. The fraction of sp³-hybridized carbons (Fsp3) is 0.636. The molecule has 6 nitrogen and oxygen atoms in total. The van der Waals surface area contributed by atoms with E-state index in [1.807, 2.05) is 7.05 Å². The summed E-state index contributed by atoms with van der Waals surface area (Å²) in [7, 11) is 1.83. The number of carbonyl (C=O) groups excluding carboxylic acids is 1. The van der Waals surface area contributed by atoms with Gasteiger partial charge >= 0.3 is 0 Å². The van der Waals surface area contributed by atoms with Gasteiger partial charge < -0.3 is 10.1 Å². The minimum absolute atomic E-state index is 0.109.